The molecular formula is C26H20ClF3N2O6S. The zero-order valence-electron chi connectivity index (χ0n) is 20.1. The lowest BCUT2D eigenvalue weighted by molar-refractivity contribution is -0.137. The number of alkyl halides is 3. The number of hydrogen-bond donors (Lipinski definition) is 2. The van der Waals surface area contributed by atoms with Crippen LogP contribution in [0.25, 0.3) is 22.3 Å². The lowest BCUT2D eigenvalue weighted by atomic mass is 10.1. The fourth-order valence-electron chi connectivity index (χ4n) is 3.56. The molecule has 8 nitrogen and oxygen atoms in total. The maximum atomic E-state index is 13.4. The number of aryl methyl sites for hydroxylation is 1. The van der Waals surface area contributed by atoms with Gasteiger partial charge in [0.25, 0.3) is 10.0 Å². The first kappa shape index (κ1) is 28.0. The number of hydrogen-bond acceptors (Lipinski definition) is 6. The van der Waals surface area contributed by atoms with Crippen molar-refractivity contribution in [2.24, 2.45) is 0 Å². The van der Waals surface area contributed by atoms with Crippen LogP contribution in [0.3, 0.4) is 0 Å². The van der Waals surface area contributed by atoms with Crippen molar-refractivity contribution in [1.29, 1.82) is 0 Å². The van der Waals surface area contributed by atoms with Crippen molar-refractivity contribution >= 4 is 38.6 Å². The van der Waals surface area contributed by atoms with Gasteiger partial charge in [-0.2, -0.15) is 13.2 Å². The standard InChI is InChI=1S/C26H20ClF3N2O6S/c1-15-5-8-17(9-6-15)39(35,36)32-25(34)31-11-12-37-22-13-16(26(28,29)30)7-10-19(22)23-14-21(33)18-3-2-4-20(27)24(18)38-23/h2-10,13-14H,11-12H2,1H3,(H2,31,32,34). The highest BCUT2D eigenvalue weighted by Gasteiger charge is 2.32. The fraction of sp³-hybridized carbons (Fsp3) is 0.154. The number of carbonyl (C=O) groups excluding carboxylic acids is 1. The molecule has 2 N–H and O–H groups in total. The number of halogens is 4. The van der Waals surface area contributed by atoms with E-state index in [0.29, 0.717) is 0 Å². The molecule has 0 radical (unpaired) electrons. The van der Waals surface area contributed by atoms with Gasteiger partial charge in [0, 0.05) is 6.07 Å². The molecule has 2 amide bonds. The topological polar surface area (TPSA) is 115 Å². The van der Waals surface area contributed by atoms with E-state index in [4.69, 9.17) is 20.8 Å². The lowest BCUT2D eigenvalue weighted by Gasteiger charge is -2.15. The van der Waals surface area contributed by atoms with Crippen molar-refractivity contribution < 1.29 is 35.5 Å². The number of urea groups is 1. The molecule has 0 saturated heterocycles. The van der Waals surface area contributed by atoms with Crippen molar-refractivity contribution in [1.82, 2.24) is 10.0 Å². The Kier molecular flexibility index (Phi) is 7.89. The minimum Gasteiger partial charge on any atom is -0.491 e. The van der Waals surface area contributed by atoms with Crippen LogP contribution in [-0.4, -0.2) is 27.6 Å². The molecule has 0 spiro atoms. The maximum Gasteiger partial charge on any atom is 0.416 e. The molecule has 0 unspecified atom stereocenters. The quantitative estimate of drug-likeness (QED) is 0.279. The third-order valence-electron chi connectivity index (χ3n) is 5.48. The first-order valence-electron chi connectivity index (χ1n) is 11.3. The van der Waals surface area contributed by atoms with E-state index in [0.717, 1.165) is 29.8 Å². The third kappa shape index (κ3) is 6.52. The Morgan fingerprint density at radius 2 is 1.77 bits per heavy atom. The summed E-state index contributed by atoms with van der Waals surface area (Å²) in [6.45, 7) is 1.17. The molecule has 204 valence electrons. The predicted octanol–water partition coefficient (Wildman–Crippen LogP) is 5.51. The van der Waals surface area contributed by atoms with Crippen molar-refractivity contribution in [3.05, 3.63) is 93.1 Å². The summed E-state index contributed by atoms with van der Waals surface area (Å²) in [6, 6.07) is 13.0. The lowest BCUT2D eigenvalue weighted by Crippen LogP contribution is -2.41. The summed E-state index contributed by atoms with van der Waals surface area (Å²) in [5.74, 6) is -0.368. The Morgan fingerprint density at radius 3 is 2.46 bits per heavy atom. The van der Waals surface area contributed by atoms with Crippen molar-refractivity contribution in [3.8, 4) is 17.1 Å². The van der Waals surface area contributed by atoms with Gasteiger partial charge in [0.1, 0.15) is 18.1 Å². The normalized spacial score (nSPS) is 11.8. The average molecular weight is 581 g/mol. The van der Waals surface area contributed by atoms with E-state index in [9.17, 15) is 31.2 Å². The zero-order valence-corrected chi connectivity index (χ0v) is 21.7. The molecule has 0 atom stereocenters. The van der Waals surface area contributed by atoms with E-state index in [-0.39, 0.29) is 51.1 Å². The van der Waals surface area contributed by atoms with E-state index in [1.807, 2.05) is 4.72 Å². The van der Waals surface area contributed by atoms with Gasteiger partial charge in [-0.15, -0.1) is 0 Å². The minimum absolute atomic E-state index is 0.0355. The summed E-state index contributed by atoms with van der Waals surface area (Å²) in [5.41, 5.74) is -0.561. The molecule has 1 heterocycles. The first-order valence-corrected chi connectivity index (χ1v) is 13.2. The number of rotatable bonds is 7. The highest BCUT2D eigenvalue weighted by atomic mass is 35.5. The van der Waals surface area contributed by atoms with Gasteiger partial charge in [-0.1, -0.05) is 35.4 Å². The predicted molar refractivity (Wildman–Crippen MR) is 138 cm³/mol. The first-order chi connectivity index (χ1) is 18.3. The van der Waals surface area contributed by atoms with Crippen molar-refractivity contribution in [2.75, 3.05) is 13.2 Å². The number of amides is 2. The molecule has 13 heteroatoms. The number of nitrogens with one attached hydrogen (secondary N) is 2. The molecule has 0 fully saturated rings. The Balaban J connectivity index is 1.52. The summed E-state index contributed by atoms with van der Waals surface area (Å²) in [6.07, 6.45) is -4.69. The van der Waals surface area contributed by atoms with Gasteiger partial charge < -0.3 is 14.5 Å². The Labute approximate surface area is 225 Å². The number of sulfonamides is 1. The van der Waals surface area contributed by atoms with Crippen LogP contribution in [0.1, 0.15) is 11.1 Å². The third-order valence-corrected chi connectivity index (χ3v) is 7.13. The summed E-state index contributed by atoms with van der Waals surface area (Å²) in [7, 11) is -4.14. The summed E-state index contributed by atoms with van der Waals surface area (Å²) in [4.78, 5) is 24.6. The summed E-state index contributed by atoms with van der Waals surface area (Å²) >= 11 is 6.14. The van der Waals surface area contributed by atoms with Crippen LogP contribution in [0.4, 0.5) is 18.0 Å². The molecule has 4 aromatic rings. The minimum atomic E-state index is -4.69. The van der Waals surface area contributed by atoms with Gasteiger partial charge in [0.2, 0.25) is 0 Å². The van der Waals surface area contributed by atoms with Crippen molar-refractivity contribution in [3.63, 3.8) is 0 Å². The second-order valence-electron chi connectivity index (χ2n) is 8.32. The number of fused-ring (bicyclic) bond motifs is 1. The second kappa shape index (κ2) is 11.0. The molecule has 0 saturated carbocycles. The smallest absolute Gasteiger partial charge is 0.416 e. The average Bonchev–Trinajstić information content (AvgIpc) is 2.86. The Hall–Kier alpha value is -4.03. The molecule has 39 heavy (non-hydrogen) atoms. The fourth-order valence-corrected chi connectivity index (χ4v) is 4.70. The van der Waals surface area contributed by atoms with Crippen LogP contribution in [0.5, 0.6) is 5.75 Å². The number of para-hydroxylation sites is 1. The zero-order chi connectivity index (χ0) is 28.4. The Morgan fingerprint density at radius 1 is 1.05 bits per heavy atom. The molecule has 0 aliphatic heterocycles. The summed E-state index contributed by atoms with van der Waals surface area (Å²) < 4.78 is 77.9. The van der Waals surface area contributed by atoms with E-state index >= 15 is 0 Å². The van der Waals surface area contributed by atoms with Crippen LogP contribution in [-0.2, 0) is 16.2 Å². The van der Waals surface area contributed by atoms with Gasteiger partial charge in [-0.05, 0) is 49.4 Å². The SMILES string of the molecule is Cc1ccc(S(=O)(=O)NC(=O)NCCOc2cc(C(F)(F)F)ccc2-c2cc(=O)c3cccc(Cl)c3o2)cc1. The largest absolute Gasteiger partial charge is 0.491 e. The van der Waals surface area contributed by atoms with Gasteiger partial charge in [-0.3, -0.25) is 4.79 Å². The van der Waals surface area contributed by atoms with Gasteiger partial charge in [0.05, 0.1) is 33.0 Å². The number of carbonyl (C=O) groups is 1. The van der Waals surface area contributed by atoms with Crippen LogP contribution in [0.15, 0.2) is 80.8 Å². The van der Waals surface area contributed by atoms with Crippen LogP contribution in [0, 0.1) is 6.92 Å². The molecule has 3 aromatic carbocycles. The molecular weight excluding hydrogens is 561 g/mol. The van der Waals surface area contributed by atoms with Crippen LogP contribution >= 0.6 is 11.6 Å². The van der Waals surface area contributed by atoms with Gasteiger partial charge >= 0.3 is 12.2 Å². The van der Waals surface area contributed by atoms with Gasteiger partial charge in [0.15, 0.2) is 11.0 Å². The molecule has 1 aromatic heterocycles. The van der Waals surface area contributed by atoms with E-state index < -0.39 is 33.2 Å². The maximum absolute atomic E-state index is 13.4. The van der Waals surface area contributed by atoms with Crippen LogP contribution < -0.4 is 20.2 Å². The van der Waals surface area contributed by atoms with E-state index in [1.165, 1.54) is 24.3 Å². The van der Waals surface area contributed by atoms with Crippen LogP contribution in [0.2, 0.25) is 5.02 Å². The number of benzene rings is 3. The molecule has 0 bridgehead atoms. The summed E-state index contributed by atoms with van der Waals surface area (Å²) in [5, 5.41) is 2.59. The van der Waals surface area contributed by atoms with Gasteiger partial charge in [-0.25, -0.2) is 17.9 Å². The van der Waals surface area contributed by atoms with E-state index in [1.54, 1.807) is 25.1 Å². The Bertz CT molecular complexity index is 1700. The second-order valence-corrected chi connectivity index (χ2v) is 10.4. The monoisotopic (exact) mass is 580 g/mol. The highest BCUT2D eigenvalue weighted by molar-refractivity contribution is 7.90. The molecule has 4 rings (SSSR count). The highest BCUT2D eigenvalue weighted by Crippen LogP contribution is 2.38. The van der Waals surface area contributed by atoms with Crippen molar-refractivity contribution in [2.45, 2.75) is 18.0 Å². The molecule has 0 aliphatic rings. The van der Waals surface area contributed by atoms with E-state index in [2.05, 4.69) is 5.32 Å². The molecule has 0 aliphatic carbocycles. The number of ether oxygens (including phenoxy) is 1.